The van der Waals surface area contributed by atoms with Gasteiger partial charge in [0.05, 0.1) is 0 Å². The summed E-state index contributed by atoms with van der Waals surface area (Å²) in [5.74, 6) is 0.985. The van der Waals surface area contributed by atoms with Crippen LogP contribution in [0.5, 0.6) is 5.75 Å². The molecule has 1 saturated heterocycles. The van der Waals surface area contributed by atoms with Gasteiger partial charge < -0.3 is 20.3 Å². The Kier molecular flexibility index (Phi) is 7.81. The molecule has 3 aromatic rings. The van der Waals surface area contributed by atoms with Crippen LogP contribution >= 0.6 is 0 Å². The van der Waals surface area contributed by atoms with Crippen LogP contribution in [-0.2, 0) is 6.61 Å². The third-order valence-electron chi connectivity index (χ3n) is 6.02. The highest BCUT2D eigenvalue weighted by atomic mass is 16.5. The molecule has 3 amide bonds. The van der Waals surface area contributed by atoms with Crippen LogP contribution in [0.4, 0.5) is 10.5 Å². The molecule has 34 heavy (non-hydrogen) atoms. The molecule has 0 spiro atoms. The van der Waals surface area contributed by atoms with Crippen LogP contribution in [0.3, 0.4) is 0 Å². The lowest BCUT2D eigenvalue weighted by Crippen LogP contribution is -2.44. The predicted molar refractivity (Wildman–Crippen MR) is 134 cm³/mol. The van der Waals surface area contributed by atoms with Crippen molar-refractivity contribution in [3.8, 4) is 5.75 Å². The Hall–Kier alpha value is -3.80. The summed E-state index contributed by atoms with van der Waals surface area (Å²) in [5.41, 5.74) is 3.66. The van der Waals surface area contributed by atoms with Crippen LogP contribution in [0.1, 0.15) is 34.3 Å². The number of anilines is 1. The van der Waals surface area contributed by atoms with E-state index >= 15 is 0 Å². The first-order chi connectivity index (χ1) is 16.6. The maximum atomic E-state index is 13.0. The number of aryl methyl sites for hydroxylation is 1. The van der Waals surface area contributed by atoms with E-state index in [1.54, 1.807) is 0 Å². The number of amides is 3. The molecule has 4 rings (SSSR count). The van der Waals surface area contributed by atoms with Crippen molar-refractivity contribution in [2.75, 3.05) is 25.0 Å². The lowest BCUT2D eigenvalue weighted by atomic mass is 9.97. The van der Waals surface area contributed by atoms with Crippen molar-refractivity contribution in [3.05, 3.63) is 95.6 Å². The van der Waals surface area contributed by atoms with Gasteiger partial charge in [-0.1, -0.05) is 48.0 Å². The summed E-state index contributed by atoms with van der Waals surface area (Å²) in [4.78, 5) is 27.1. The van der Waals surface area contributed by atoms with Gasteiger partial charge in [0.25, 0.3) is 5.91 Å². The smallest absolute Gasteiger partial charge is 0.319 e. The predicted octanol–water partition coefficient (Wildman–Crippen LogP) is 5.25. The first-order valence-corrected chi connectivity index (χ1v) is 11.7. The van der Waals surface area contributed by atoms with Crippen LogP contribution < -0.4 is 15.4 Å². The average molecular weight is 458 g/mol. The number of rotatable bonds is 7. The molecule has 1 aliphatic rings. The SMILES string of the molecule is Cc1ccc(NC(=O)NCC2CCCN(C(=O)c3ccc(OCc4ccccc4)cc3)C2)cc1. The molecule has 1 atom stereocenters. The van der Waals surface area contributed by atoms with Crippen molar-refractivity contribution >= 4 is 17.6 Å². The molecule has 1 fully saturated rings. The van der Waals surface area contributed by atoms with E-state index in [2.05, 4.69) is 10.6 Å². The van der Waals surface area contributed by atoms with E-state index in [1.807, 2.05) is 90.7 Å². The van der Waals surface area contributed by atoms with E-state index in [-0.39, 0.29) is 17.9 Å². The largest absolute Gasteiger partial charge is 0.489 e. The number of hydrogen-bond donors (Lipinski definition) is 2. The normalized spacial score (nSPS) is 15.4. The molecule has 3 aromatic carbocycles. The fourth-order valence-corrected chi connectivity index (χ4v) is 4.08. The second kappa shape index (κ2) is 11.4. The maximum Gasteiger partial charge on any atom is 0.319 e. The number of carbonyl (C=O) groups is 2. The van der Waals surface area contributed by atoms with Crippen LogP contribution in [-0.4, -0.2) is 36.5 Å². The highest BCUT2D eigenvalue weighted by molar-refractivity contribution is 5.94. The molecule has 1 heterocycles. The van der Waals surface area contributed by atoms with E-state index < -0.39 is 0 Å². The van der Waals surface area contributed by atoms with Gasteiger partial charge in [0, 0.05) is 30.9 Å². The number of likely N-dealkylation sites (tertiary alicyclic amines) is 1. The number of hydrogen-bond acceptors (Lipinski definition) is 3. The zero-order valence-electron chi connectivity index (χ0n) is 19.5. The third kappa shape index (κ3) is 6.61. The monoisotopic (exact) mass is 457 g/mol. The van der Waals surface area contributed by atoms with Crippen LogP contribution in [0, 0.1) is 12.8 Å². The van der Waals surface area contributed by atoms with Gasteiger partial charge in [0.15, 0.2) is 0 Å². The summed E-state index contributed by atoms with van der Waals surface area (Å²) >= 11 is 0. The molecule has 0 saturated carbocycles. The minimum absolute atomic E-state index is 0.0171. The Labute approximate surface area is 200 Å². The molecule has 0 aromatic heterocycles. The summed E-state index contributed by atoms with van der Waals surface area (Å²) in [6.07, 6.45) is 1.91. The number of ether oxygens (including phenoxy) is 1. The van der Waals surface area contributed by atoms with Gasteiger partial charge in [-0.15, -0.1) is 0 Å². The van der Waals surface area contributed by atoms with E-state index in [1.165, 1.54) is 0 Å². The van der Waals surface area contributed by atoms with Gasteiger partial charge in [-0.2, -0.15) is 0 Å². The lowest BCUT2D eigenvalue weighted by Gasteiger charge is -2.33. The second-order valence-corrected chi connectivity index (χ2v) is 8.76. The van der Waals surface area contributed by atoms with Gasteiger partial charge in [-0.3, -0.25) is 4.79 Å². The summed E-state index contributed by atoms with van der Waals surface area (Å²) < 4.78 is 5.82. The molecule has 6 nitrogen and oxygen atoms in total. The van der Waals surface area contributed by atoms with Crippen molar-refractivity contribution in [1.82, 2.24) is 10.2 Å². The van der Waals surface area contributed by atoms with Crippen molar-refractivity contribution in [3.63, 3.8) is 0 Å². The fraction of sp³-hybridized carbons (Fsp3) is 0.286. The summed E-state index contributed by atoms with van der Waals surface area (Å²) in [6.45, 7) is 4.40. The van der Waals surface area contributed by atoms with Gasteiger partial charge >= 0.3 is 6.03 Å². The van der Waals surface area contributed by atoms with Crippen LogP contribution in [0.25, 0.3) is 0 Å². The minimum atomic E-state index is -0.224. The lowest BCUT2D eigenvalue weighted by molar-refractivity contribution is 0.0675. The third-order valence-corrected chi connectivity index (χ3v) is 6.02. The highest BCUT2D eigenvalue weighted by Gasteiger charge is 2.25. The number of piperidine rings is 1. The molecular formula is C28H31N3O3. The van der Waals surface area contributed by atoms with Crippen molar-refractivity contribution in [2.24, 2.45) is 5.92 Å². The molecule has 1 aliphatic heterocycles. The van der Waals surface area contributed by atoms with Crippen molar-refractivity contribution in [2.45, 2.75) is 26.4 Å². The number of nitrogens with zero attached hydrogens (tertiary/aromatic N) is 1. The Morgan fingerprint density at radius 3 is 2.44 bits per heavy atom. The average Bonchev–Trinajstić information content (AvgIpc) is 2.88. The fourth-order valence-electron chi connectivity index (χ4n) is 4.08. The van der Waals surface area contributed by atoms with E-state index in [4.69, 9.17) is 4.74 Å². The first-order valence-electron chi connectivity index (χ1n) is 11.7. The molecule has 1 unspecified atom stereocenters. The summed E-state index contributed by atoms with van der Waals surface area (Å²) in [7, 11) is 0. The molecule has 0 aliphatic carbocycles. The Balaban J connectivity index is 1.24. The van der Waals surface area contributed by atoms with Crippen LogP contribution in [0.2, 0.25) is 0 Å². The Morgan fingerprint density at radius 1 is 0.971 bits per heavy atom. The standard InChI is InChI=1S/C28H31N3O3/c1-21-9-13-25(14-10-21)30-28(33)29-18-23-8-5-17-31(19-23)27(32)24-11-15-26(16-12-24)34-20-22-6-3-2-4-7-22/h2-4,6-7,9-16,23H,5,8,17-20H2,1H3,(H2,29,30,33). The van der Waals surface area contributed by atoms with Gasteiger partial charge in [-0.05, 0) is 67.6 Å². The van der Waals surface area contributed by atoms with Crippen molar-refractivity contribution < 1.29 is 14.3 Å². The zero-order valence-corrected chi connectivity index (χ0v) is 19.5. The van der Waals surface area contributed by atoms with E-state index in [0.717, 1.165) is 42.0 Å². The second-order valence-electron chi connectivity index (χ2n) is 8.76. The highest BCUT2D eigenvalue weighted by Crippen LogP contribution is 2.20. The summed E-state index contributed by atoms with van der Waals surface area (Å²) in [6, 6.07) is 24.8. The zero-order chi connectivity index (χ0) is 23.8. The molecule has 0 radical (unpaired) electrons. The quantitative estimate of drug-likeness (QED) is 0.509. The van der Waals surface area contributed by atoms with Gasteiger partial charge in [0.2, 0.25) is 0 Å². The molecule has 0 bridgehead atoms. The van der Waals surface area contributed by atoms with E-state index in [0.29, 0.717) is 25.3 Å². The van der Waals surface area contributed by atoms with Gasteiger partial charge in [0.1, 0.15) is 12.4 Å². The number of benzene rings is 3. The van der Waals surface area contributed by atoms with Crippen LogP contribution in [0.15, 0.2) is 78.9 Å². The number of carbonyl (C=O) groups excluding carboxylic acids is 2. The molecule has 176 valence electrons. The minimum Gasteiger partial charge on any atom is -0.489 e. The van der Waals surface area contributed by atoms with E-state index in [9.17, 15) is 9.59 Å². The topological polar surface area (TPSA) is 70.7 Å². The number of urea groups is 1. The number of nitrogens with one attached hydrogen (secondary N) is 2. The Bertz CT molecular complexity index is 1080. The Morgan fingerprint density at radius 2 is 1.71 bits per heavy atom. The first kappa shape index (κ1) is 23.4. The van der Waals surface area contributed by atoms with Crippen molar-refractivity contribution in [1.29, 1.82) is 0 Å². The van der Waals surface area contributed by atoms with Gasteiger partial charge in [-0.25, -0.2) is 4.79 Å². The maximum absolute atomic E-state index is 13.0. The molecular weight excluding hydrogens is 426 g/mol. The summed E-state index contributed by atoms with van der Waals surface area (Å²) in [5, 5.41) is 5.80. The molecule has 2 N–H and O–H groups in total. The molecule has 6 heteroatoms.